The third-order valence-corrected chi connectivity index (χ3v) is 4.75. The molecule has 0 spiro atoms. The normalized spacial score (nSPS) is 20.5. The quantitative estimate of drug-likeness (QED) is 0.853. The van der Waals surface area contributed by atoms with E-state index in [1.165, 1.54) is 15.8 Å². The maximum atomic E-state index is 12.2. The average molecular weight is 352 g/mol. The van der Waals surface area contributed by atoms with Crippen LogP contribution in [0.3, 0.4) is 0 Å². The summed E-state index contributed by atoms with van der Waals surface area (Å²) in [4.78, 5) is 24.8. The first kappa shape index (κ1) is 16.1. The number of carbonyl (C=O) groups is 2. The van der Waals surface area contributed by atoms with Crippen LogP contribution in [0, 0.1) is 11.3 Å². The predicted octanol–water partition coefficient (Wildman–Crippen LogP) is 0.958. The lowest BCUT2D eigenvalue weighted by atomic mass is 9.97. The van der Waals surface area contributed by atoms with Gasteiger partial charge in [0.05, 0.1) is 30.8 Å². The maximum Gasteiger partial charge on any atom is 0.414 e. The van der Waals surface area contributed by atoms with Crippen LogP contribution in [0.1, 0.15) is 28.9 Å². The highest BCUT2D eigenvalue weighted by atomic mass is 16.6. The molecule has 1 aliphatic heterocycles. The second kappa shape index (κ2) is 5.84. The highest BCUT2D eigenvalue weighted by Gasteiger charge is 2.45. The van der Waals surface area contributed by atoms with Crippen molar-refractivity contribution < 1.29 is 14.3 Å². The molecule has 1 unspecified atom stereocenters. The highest BCUT2D eigenvalue weighted by Crippen LogP contribution is 2.47. The first-order chi connectivity index (χ1) is 12.5. The number of nitrogens with two attached hydrogens (primary N) is 1. The summed E-state index contributed by atoms with van der Waals surface area (Å²) < 4.78 is 6.79. The molecule has 2 amide bonds. The Hall–Kier alpha value is -3.41. The third-order valence-electron chi connectivity index (χ3n) is 4.75. The van der Waals surface area contributed by atoms with Gasteiger partial charge in [-0.2, -0.15) is 5.26 Å². The molecule has 2 N–H and O–H groups in total. The summed E-state index contributed by atoms with van der Waals surface area (Å²) in [6, 6.07) is 9.80. The van der Waals surface area contributed by atoms with Crippen LogP contribution in [-0.4, -0.2) is 39.6 Å². The standard InChI is InChI=1S/C17H16N6O3/c18-10-17(5-6-17)11-1-3-12(4-2-11)23-8-13(26-16(23)25)7-22-9-14(15(19)24)20-21-22/h1-4,9,13H,5-8H2,(H2,19,24). The van der Waals surface area contributed by atoms with Crippen LogP contribution in [-0.2, 0) is 16.7 Å². The number of anilines is 1. The molecule has 26 heavy (non-hydrogen) atoms. The maximum absolute atomic E-state index is 12.2. The van der Waals surface area contributed by atoms with Crippen LogP contribution < -0.4 is 10.6 Å². The van der Waals surface area contributed by atoms with Crippen molar-refractivity contribution in [3.8, 4) is 6.07 Å². The van der Waals surface area contributed by atoms with Crippen LogP contribution >= 0.6 is 0 Å². The fourth-order valence-electron chi connectivity index (χ4n) is 3.09. The van der Waals surface area contributed by atoms with Gasteiger partial charge in [0, 0.05) is 5.69 Å². The molecule has 2 aliphatic rings. The Morgan fingerprint density at radius 1 is 1.38 bits per heavy atom. The van der Waals surface area contributed by atoms with E-state index in [0.29, 0.717) is 12.2 Å². The van der Waals surface area contributed by atoms with Crippen molar-refractivity contribution in [2.75, 3.05) is 11.4 Å². The summed E-state index contributed by atoms with van der Waals surface area (Å²) in [5.41, 5.74) is 6.55. The van der Waals surface area contributed by atoms with Crippen LogP contribution in [0.2, 0.25) is 0 Å². The fraction of sp³-hybridized carbons (Fsp3) is 0.353. The van der Waals surface area contributed by atoms with E-state index in [2.05, 4.69) is 16.4 Å². The number of nitrogens with zero attached hydrogens (tertiary/aromatic N) is 5. The molecule has 9 heteroatoms. The number of carbonyl (C=O) groups excluding carboxylic acids is 2. The van der Waals surface area contributed by atoms with E-state index in [0.717, 1.165) is 18.4 Å². The number of hydrogen-bond acceptors (Lipinski definition) is 6. The molecule has 1 atom stereocenters. The molecule has 2 heterocycles. The van der Waals surface area contributed by atoms with E-state index in [-0.39, 0.29) is 17.7 Å². The minimum atomic E-state index is -0.660. The summed E-state index contributed by atoms with van der Waals surface area (Å²) in [5.74, 6) is -0.660. The minimum Gasteiger partial charge on any atom is -0.442 e. The van der Waals surface area contributed by atoms with Crippen LogP contribution in [0.4, 0.5) is 10.5 Å². The molecule has 1 saturated heterocycles. The Balaban J connectivity index is 1.44. The van der Waals surface area contributed by atoms with E-state index in [9.17, 15) is 14.9 Å². The fourth-order valence-corrected chi connectivity index (χ4v) is 3.09. The van der Waals surface area contributed by atoms with Crippen molar-refractivity contribution in [3.05, 3.63) is 41.7 Å². The molecule has 0 bridgehead atoms. The molecule has 1 aliphatic carbocycles. The SMILES string of the molecule is N#CC1(c2ccc(N3CC(Cn4cc(C(N)=O)nn4)OC3=O)cc2)CC1. The lowest BCUT2D eigenvalue weighted by molar-refractivity contribution is 0.0995. The molecular weight excluding hydrogens is 336 g/mol. The highest BCUT2D eigenvalue weighted by molar-refractivity contribution is 5.90. The molecular formula is C17H16N6O3. The summed E-state index contributed by atoms with van der Waals surface area (Å²) in [7, 11) is 0. The number of benzene rings is 1. The molecule has 132 valence electrons. The number of cyclic esters (lactones) is 1. The number of ether oxygens (including phenoxy) is 1. The summed E-state index contributed by atoms with van der Waals surface area (Å²) in [5, 5.41) is 16.7. The number of amides is 2. The largest absolute Gasteiger partial charge is 0.442 e. The number of primary amides is 1. The van der Waals surface area contributed by atoms with Crippen LogP contribution in [0.25, 0.3) is 0 Å². The van der Waals surface area contributed by atoms with Gasteiger partial charge in [-0.1, -0.05) is 17.3 Å². The number of hydrogen-bond donors (Lipinski definition) is 1. The van der Waals surface area contributed by atoms with Crippen molar-refractivity contribution >= 4 is 17.7 Å². The second-order valence-electron chi connectivity index (χ2n) is 6.55. The van der Waals surface area contributed by atoms with Gasteiger partial charge in [0.15, 0.2) is 5.69 Å². The first-order valence-corrected chi connectivity index (χ1v) is 8.21. The minimum absolute atomic E-state index is 0.0632. The van der Waals surface area contributed by atoms with E-state index < -0.39 is 18.1 Å². The van der Waals surface area contributed by atoms with Gasteiger partial charge < -0.3 is 10.5 Å². The smallest absolute Gasteiger partial charge is 0.414 e. The van der Waals surface area contributed by atoms with Crippen molar-refractivity contribution in [1.29, 1.82) is 5.26 Å². The van der Waals surface area contributed by atoms with Gasteiger partial charge in [0.1, 0.15) is 6.10 Å². The van der Waals surface area contributed by atoms with Gasteiger partial charge in [-0.05, 0) is 30.5 Å². The van der Waals surface area contributed by atoms with Gasteiger partial charge in [0.25, 0.3) is 5.91 Å². The monoisotopic (exact) mass is 352 g/mol. The van der Waals surface area contributed by atoms with Gasteiger partial charge in [-0.25, -0.2) is 9.48 Å². The van der Waals surface area contributed by atoms with Crippen LogP contribution in [0.15, 0.2) is 30.5 Å². The third kappa shape index (κ3) is 2.75. The number of aromatic nitrogens is 3. The molecule has 4 rings (SSSR count). The molecule has 9 nitrogen and oxygen atoms in total. The first-order valence-electron chi connectivity index (χ1n) is 8.21. The zero-order valence-corrected chi connectivity index (χ0v) is 13.8. The average Bonchev–Trinajstić information content (AvgIpc) is 3.15. The number of rotatable bonds is 5. The zero-order valence-electron chi connectivity index (χ0n) is 13.8. The molecule has 1 aromatic heterocycles. The van der Waals surface area contributed by atoms with E-state index >= 15 is 0 Å². The van der Waals surface area contributed by atoms with E-state index in [1.807, 2.05) is 24.3 Å². The van der Waals surface area contributed by atoms with Crippen molar-refractivity contribution in [2.45, 2.75) is 30.9 Å². The summed E-state index contributed by atoms with van der Waals surface area (Å²) in [6.45, 7) is 0.630. The molecule has 1 aromatic carbocycles. The molecule has 2 aromatic rings. The Morgan fingerprint density at radius 2 is 2.12 bits per heavy atom. The summed E-state index contributed by atoms with van der Waals surface area (Å²) >= 11 is 0. The summed E-state index contributed by atoms with van der Waals surface area (Å²) in [6.07, 6.45) is 2.31. The lowest BCUT2D eigenvalue weighted by Gasteiger charge is -2.14. The van der Waals surface area contributed by atoms with Crippen molar-refractivity contribution in [2.24, 2.45) is 5.73 Å². The Bertz CT molecular complexity index is 909. The predicted molar refractivity (Wildman–Crippen MR) is 89.1 cm³/mol. The molecule has 2 fully saturated rings. The number of nitriles is 1. The Labute approximate surface area is 148 Å². The van der Waals surface area contributed by atoms with Gasteiger partial charge in [-0.15, -0.1) is 5.10 Å². The topological polar surface area (TPSA) is 127 Å². The van der Waals surface area contributed by atoms with Crippen molar-refractivity contribution in [3.63, 3.8) is 0 Å². The second-order valence-corrected chi connectivity index (χ2v) is 6.55. The van der Waals surface area contributed by atoms with E-state index in [1.54, 1.807) is 0 Å². The molecule has 0 radical (unpaired) electrons. The van der Waals surface area contributed by atoms with Crippen molar-refractivity contribution in [1.82, 2.24) is 15.0 Å². The van der Waals surface area contributed by atoms with Crippen LogP contribution in [0.5, 0.6) is 0 Å². The van der Waals surface area contributed by atoms with Gasteiger partial charge in [-0.3, -0.25) is 9.69 Å². The van der Waals surface area contributed by atoms with E-state index in [4.69, 9.17) is 10.5 Å². The Morgan fingerprint density at radius 3 is 2.69 bits per heavy atom. The van der Waals surface area contributed by atoms with Gasteiger partial charge >= 0.3 is 6.09 Å². The molecule has 1 saturated carbocycles. The zero-order chi connectivity index (χ0) is 18.3. The van der Waals surface area contributed by atoms with Gasteiger partial charge in [0.2, 0.25) is 0 Å². The lowest BCUT2D eigenvalue weighted by Crippen LogP contribution is -2.26. The Kier molecular flexibility index (Phi) is 3.61.